The average molecular weight is 567 g/mol. The predicted molar refractivity (Wildman–Crippen MR) is 168 cm³/mol. The van der Waals surface area contributed by atoms with Crippen LogP contribution in [0.1, 0.15) is 181 Å². The summed E-state index contributed by atoms with van der Waals surface area (Å²) in [7, 11) is 0. The number of aliphatic hydroxyl groups excluding tert-OH is 1. The SMILES string of the molecule is CCCCC=CCCCCCCCC(=O)OCC(CO)OC(=O)CCCCCCCCCCCCCCCCC. The van der Waals surface area contributed by atoms with E-state index < -0.39 is 6.10 Å². The van der Waals surface area contributed by atoms with Gasteiger partial charge in [-0.2, -0.15) is 0 Å². The average Bonchev–Trinajstić information content (AvgIpc) is 2.96. The molecule has 0 heterocycles. The van der Waals surface area contributed by atoms with Crippen molar-refractivity contribution in [2.45, 2.75) is 187 Å². The number of esters is 2. The lowest BCUT2D eigenvalue weighted by atomic mass is 10.0. The van der Waals surface area contributed by atoms with E-state index in [0.717, 1.165) is 44.9 Å². The van der Waals surface area contributed by atoms with E-state index in [1.54, 1.807) is 0 Å². The Labute approximate surface area is 248 Å². The number of rotatable bonds is 31. The van der Waals surface area contributed by atoms with Gasteiger partial charge in [-0.1, -0.05) is 148 Å². The second-order valence-electron chi connectivity index (χ2n) is 11.6. The van der Waals surface area contributed by atoms with Gasteiger partial charge in [-0.05, 0) is 32.1 Å². The topological polar surface area (TPSA) is 72.8 Å². The minimum atomic E-state index is -0.766. The number of allylic oxidation sites excluding steroid dienone is 2. The summed E-state index contributed by atoms with van der Waals surface area (Å²) in [6, 6.07) is 0. The molecule has 1 N–H and O–H groups in total. The van der Waals surface area contributed by atoms with Crippen LogP contribution in [0, 0.1) is 0 Å². The van der Waals surface area contributed by atoms with E-state index in [1.165, 1.54) is 109 Å². The Morgan fingerprint density at radius 3 is 1.43 bits per heavy atom. The molecule has 0 amide bonds. The standard InChI is InChI=1S/C35H66O5/c1-3-5-7-9-11-13-15-16-17-18-20-22-24-26-28-30-35(38)40-33(31-36)32-39-34(37)29-27-25-23-21-19-14-12-10-8-6-4-2/h10,12,33,36H,3-9,11,13-32H2,1-2H3. The lowest BCUT2D eigenvalue weighted by Crippen LogP contribution is -2.28. The van der Waals surface area contributed by atoms with Gasteiger partial charge < -0.3 is 14.6 Å². The van der Waals surface area contributed by atoms with Crippen LogP contribution in [0.15, 0.2) is 12.2 Å². The first kappa shape index (κ1) is 38.6. The van der Waals surface area contributed by atoms with E-state index in [9.17, 15) is 14.7 Å². The van der Waals surface area contributed by atoms with Crippen molar-refractivity contribution in [3.63, 3.8) is 0 Å². The fourth-order valence-corrected chi connectivity index (χ4v) is 4.89. The van der Waals surface area contributed by atoms with Gasteiger partial charge in [0, 0.05) is 12.8 Å². The summed E-state index contributed by atoms with van der Waals surface area (Å²) in [6.07, 6.45) is 34.1. The highest BCUT2D eigenvalue weighted by Crippen LogP contribution is 2.14. The van der Waals surface area contributed by atoms with E-state index >= 15 is 0 Å². The van der Waals surface area contributed by atoms with E-state index in [1.807, 2.05) is 0 Å². The summed E-state index contributed by atoms with van der Waals surface area (Å²) >= 11 is 0. The Morgan fingerprint density at radius 2 is 0.950 bits per heavy atom. The van der Waals surface area contributed by atoms with Crippen molar-refractivity contribution in [3.8, 4) is 0 Å². The zero-order valence-corrected chi connectivity index (χ0v) is 26.6. The van der Waals surface area contributed by atoms with E-state index in [0.29, 0.717) is 12.8 Å². The summed E-state index contributed by atoms with van der Waals surface area (Å²) in [4.78, 5) is 24.1. The molecule has 0 aromatic rings. The number of hydrogen-bond acceptors (Lipinski definition) is 5. The first-order valence-corrected chi connectivity index (χ1v) is 17.2. The summed E-state index contributed by atoms with van der Waals surface area (Å²) in [5, 5.41) is 9.50. The molecule has 0 rings (SSSR count). The normalized spacial score (nSPS) is 12.2. The molecule has 0 spiro atoms. The van der Waals surface area contributed by atoms with Crippen molar-refractivity contribution in [3.05, 3.63) is 12.2 Å². The van der Waals surface area contributed by atoms with Crippen LogP contribution in [0.2, 0.25) is 0 Å². The molecule has 0 radical (unpaired) electrons. The quantitative estimate of drug-likeness (QED) is 0.0513. The summed E-state index contributed by atoms with van der Waals surface area (Å²) in [6.45, 7) is 4.09. The number of carbonyl (C=O) groups excluding carboxylic acids is 2. The van der Waals surface area contributed by atoms with Crippen LogP contribution in [0.4, 0.5) is 0 Å². The van der Waals surface area contributed by atoms with Gasteiger partial charge in [-0.3, -0.25) is 9.59 Å². The maximum atomic E-state index is 12.1. The molecule has 5 nitrogen and oxygen atoms in total. The second-order valence-corrected chi connectivity index (χ2v) is 11.6. The van der Waals surface area contributed by atoms with Gasteiger partial charge in [0.15, 0.2) is 6.10 Å². The highest BCUT2D eigenvalue weighted by Gasteiger charge is 2.16. The van der Waals surface area contributed by atoms with E-state index in [-0.39, 0.29) is 25.2 Å². The number of carbonyl (C=O) groups is 2. The molecule has 0 aromatic heterocycles. The van der Waals surface area contributed by atoms with Crippen molar-refractivity contribution in [2.24, 2.45) is 0 Å². The van der Waals surface area contributed by atoms with Crippen LogP contribution in [0.3, 0.4) is 0 Å². The lowest BCUT2D eigenvalue weighted by molar-refractivity contribution is -0.161. The highest BCUT2D eigenvalue weighted by molar-refractivity contribution is 5.70. The molecule has 0 aliphatic heterocycles. The number of unbranched alkanes of at least 4 members (excludes halogenated alkanes) is 21. The Bertz CT molecular complexity index is 574. The molecule has 40 heavy (non-hydrogen) atoms. The van der Waals surface area contributed by atoms with Gasteiger partial charge in [0.2, 0.25) is 0 Å². The molecule has 1 unspecified atom stereocenters. The van der Waals surface area contributed by atoms with Crippen molar-refractivity contribution >= 4 is 11.9 Å². The van der Waals surface area contributed by atoms with Crippen LogP contribution in [0.5, 0.6) is 0 Å². The fraction of sp³-hybridized carbons (Fsp3) is 0.886. The maximum Gasteiger partial charge on any atom is 0.306 e. The van der Waals surface area contributed by atoms with Gasteiger partial charge >= 0.3 is 11.9 Å². The Hall–Kier alpha value is -1.36. The predicted octanol–water partition coefficient (Wildman–Crippen LogP) is 10.2. The van der Waals surface area contributed by atoms with Crippen molar-refractivity contribution < 1.29 is 24.2 Å². The Kier molecular flexibility index (Phi) is 31.1. The molecular formula is C35H66O5. The third-order valence-electron chi connectivity index (χ3n) is 7.56. The Balaban J connectivity index is 3.55. The van der Waals surface area contributed by atoms with Crippen molar-refractivity contribution in [1.29, 1.82) is 0 Å². The van der Waals surface area contributed by atoms with Crippen LogP contribution < -0.4 is 0 Å². The molecule has 0 saturated carbocycles. The van der Waals surface area contributed by atoms with Gasteiger partial charge in [-0.15, -0.1) is 0 Å². The highest BCUT2D eigenvalue weighted by atomic mass is 16.6. The molecule has 0 aliphatic carbocycles. The third kappa shape index (κ3) is 29.6. The number of ether oxygens (including phenoxy) is 2. The zero-order chi connectivity index (χ0) is 29.4. The zero-order valence-electron chi connectivity index (χ0n) is 26.6. The van der Waals surface area contributed by atoms with E-state index in [4.69, 9.17) is 9.47 Å². The van der Waals surface area contributed by atoms with Crippen LogP contribution in [0.25, 0.3) is 0 Å². The summed E-state index contributed by atoms with van der Waals surface area (Å²) < 4.78 is 10.5. The molecule has 0 aliphatic rings. The molecule has 0 aromatic carbocycles. The molecule has 0 fully saturated rings. The first-order chi connectivity index (χ1) is 19.6. The van der Waals surface area contributed by atoms with Gasteiger partial charge in [0.25, 0.3) is 0 Å². The van der Waals surface area contributed by atoms with Crippen LogP contribution in [-0.2, 0) is 19.1 Å². The molecular weight excluding hydrogens is 500 g/mol. The van der Waals surface area contributed by atoms with Crippen LogP contribution >= 0.6 is 0 Å². The molecule has 0 bridgehead atoms. The Morgan fingerprint density at radius 1 is 0.550 bits per heavy atom. The lowest BCUT2D eigenvalue weighted by Gasteiger charge is -2.15. The van der Waals surface area contributed by atoms with Crippen molar-refractivity contribution in [1.82, 2.24) is 0 Å². The fourth-order valence-electron chi connectivity index (χ4n) is 4.89. The first-order valence-electron chi connectivity index (χ1n) is 17.2. The minimum Gasteiger partial charge on any atom is -0.462 e. The molecule has 236 valence electrons. The van der Waals surface area contributed by atoms with E-state index in [2.05, 4.69) is 26.0 Å². The number of aliphatic hydroxyl groups is 1. The van der Waals surface area contributed by atoms with Crippen LogP contribution in [-0.4, -0.2) is 36.4 Å². The molecule has 0 saturated heterocycles. The monoisotopic (exact) mass is 566 g/mol. The minimum absolute atomic E-state index is 0.0652. The summed E-state index contributed by atoms with van der Waals surface area (Å²) in [5.41, 5.74) is 0. The third-order valence-corrected chi connectivity index (χ3v) is 7.56. The smallest absolute Gasteiger partial charge is 0.306 e. The van der Waals surface area contributed by atoms with Gasteiger partial charge in [0.05, 0.1) is 6.61 Å². The van der Waals surface area contributed by atoms with Gasteiger partial charge in [-0.25, -0.2) is 0 Å². The molecule has 1 atom stereocenters. The molecule has 5 heteroatoms. The van der Waals surface area contributed by atoms with Gasteiger partial charge in [0.1, 0.15) is 6.61 Å². The number of hydrogen-bond donors (Lipinski definition) is 1. The van der Waals surface area contributed by atoms with Crippen molar-refractivity contribution in [2.75, 3.05) is 13.2 Å². The largest absolute Gasteiger partial charge is 0.462 e. The summed E-state index contributed by atoms with van der Waals surface area (Å²) in [5.74, 6) is -0.597. The maximum absolute atomic E-state index is 12.1. The second kappa shape index (κ2) is 32.2.